The largest absolute Gasteiger partial charge is 0.372 e. The van der Waals surface area contributed by atoms with Crippen LogP contribution in [0.4, 0.5) is 0 Å². The monoisotopic (exact) mass is 249 g/mol. The van der Waals surface area contributed by atoms with Crippen LogP contribution in [-0.2, 0) is 9.53 Å². The van der Waals surface area contributed by atoms with Crippen LogP contribution < -0.4 is 0 Å². The number of hydrogen-bond acceptors (Lipinski definition) is 2. The number of halogens is 1. The Kier molecular flexibility index (Phi) is 3.74. The molecule has 1 rings (SSSR count). The predicted molar refractivity (Wildman–Crippen MR) is 55.0 cm³/mol. The fraction of sp³-hybridized carbons (Fsp3) is 0.889. The van der Waals surface area contributed by atoms with Gasteiger partial charge in [-0.05, 0) is 20.8 Å². The molecule has 1 fully saturated rings. The normalized spacial score (nSPS) is 31.5. The van der Waals surface area contributed by atoms with Gasteiger partial charge in [0.05, 0.1) is 17.0 Å². The lowest BCUT2D eigenvalue weighted by atomic mass is 10.2. The number of rotatable bonds is 1. The number of alkyl halides is 1. The second-order valence-corrected chi connectivity index (χ2v) is 4.99. The number of hydrogen-bond donors (Lipinski definition) is 0. The third-order valence-electron chi connectivity index (χ3n) is 2.07. The molecule has 1 amide bonds. The minimum absolute atomic E-state index is 0.0926. The Bertz CT molecular complexity index is 186. The average Bonchev–Trinajstić information content (AvgIpc) is 2.01. The molecule has 3 nitrogen and oxygen atoms in total. The van der Waals surface area contributed by atoms with Crippen molar-refractivity contribution in [3.63, 3.8) is 0 Å². The van der Waals surface area contributed by atoms with Crippen molar-refractivity contribution >= 4 is 21.8 Å². The van der Waals surface area contributed by atoms with E-state index >= 15 is 0 Å². The molecule has 1 aliphatic heterocycles. The third-order valence-corrected chi connectivity index (χ3v) is 2.46. The number of carbonyl (C=O) groups is 1. The van der Waals surface area contributed by atoms with Gasteiger partial charge in [0.2, 0.25) is 5.91 Å². The molecule has 13 heavy (non-hydrogen) atoms. The summed E-state index contributed by atoms with van der Waals surface area (Å²) in [7, 11) is 0. The molecule has 0 bridgehead atoms. The molecule has 1 aliphatic rings. The van der Waals surface area contributed by atoms with Crippen molar-refractivity contribution in [2.75, 3.05) is 13.1 Å². The van der Waals surface area contributed by atoms with Crippen LogP contribution in [0.1, 0.15) is 20.8 Å². The van der Waals surface area contributed by atoms with Gasteiger partial charge in [-0.1, -0.05) is 15.9 Å². The van der Waals surface area contributed by atoms with Crippen molar-refractivity contribution < 1.29 is 9.53 Å². The zero-order valence-corrected chi connectivity index (χ0v) is 9.87. The molecule has 0 unspecified atom stereocenters. The van der Waals surface area contributed by atoms with Crippen LogP contribution in [0.2, 0.25) is 0 Å². The van der Waals surface area contributed by atoms with E-state index in [1.54, 1.807) is 0 Å². The number of nitrogens with zero attached hydrogens (tertiary/aromatic N) is 1. The van der Waals surface area contributed by atoms with Crippen LogP contribution in [-0.4, -0.2) is 40.9 Å². The van der Waals surface area contributed by atoms with Crippen molar-refractivity contribution in [2.24, 2.45) is 0 Å². The van der Waals surface area contributed by atoms with Crippen molar-refractivity contribution in [1.29, 1.82) is 0 Å². The number of ether oxygens (including phenoxy) is 1. The first-order chi connectivity index (χ1) is 6.00. The second kappa shape index (κ2) is 4.42. The molecule has 0 aromatic heterocycles. The van der Waals surface area contributed by atoms with E-state index in [-0.39, 0.29) is 22.9 Å². The van der Waals surface area contributed by atoms with Crippen LogP contribution in [0.25, 0.3) is 0 Å². The minimum Gasteiger partial charge on any atom is -0.372 e. The van der Waals surface area contributed by atoms with Gasteiger partial charge < -0.3 is 9.64 Å². The Balaban J connectivity index is 2.55. The Morgan fingerprint density at radius 1 is 1.46 bits per heavy atom. The standard InChI is InChI=1S/C9H16BrNO2/c1-6-4-11(5-7(2)13-6)9(12)8(3)10/h6-8H,4-5H2,1-3H3/t6-,7+,8-/m1/s1. The van der Waals surface area contributed by atoms with Gasteiger partial charge in [0.25, 0.3) is 0 Å². The van der Waals surface area contributed by atoms with Gasteiger partial charge in [0.15, 0.2) is 0 Å². The smallest absolute Gasteiger partial charge is 0.236 e. The first kappa shape index (κ1) is 11.0. The molecular weight excluding hydrogens is 234 g/mol. The van der Waals surface area contributed by atoms with E-state index in [0.29, 0.717) is 13.1 Å². The Hall–Kier alpha value is -0.0900. The van der Waals surface area contributed by atoms with E-state index in [1.807, 2.05) is 25.7 Å². The SMILES string of the molecule is C[C@@H]1CN(C(=O)[C@@H](C)Br)C[C@H](C)O1. The van der Waals surface area contributed by atoms with Gasteiger partial charge in [0, 0.05) is 13.1 Å². The molecule has 1 saturated heterocycles. The first-order valence-electron chi connectivity index (χ1n) is 4.59. The van der Waals surface area contributed by atoms with Gasteiger partial charge in [-0.25, -0.2) is 0 Å². The zero-order valence-electron chi connectivity index (χ0n) is 8.29. The predicted octanol–water partition coefficient (Wildman–Crippen LogP) is 1.41. The van der Waals surface area contributed by atoms with E-state index in [4.69, 9.17) is 4.74 Å². The van der Waals surface area contributed by atoms with E-state index < -0.39 is 0 Å². The summed E-state index contributed by atoms with van der Waals surface area (Å²) in [6, 6.07) is 0. The van der Waals surface area contributed by atoms with Gasteiger partial charge in [-0.3, -0.25) is 4.79 Å². The highest BCUT2D eigenvalue weighted by Gasteiger charge is 2.27. The second-order valence-electron chi connectivity index (χ2n) is 3.62. The lowest BCUT2D eigenvalue weighted by molar-refractivity contribution is -0.142. The molecule has 0 saturated carbocycles. The van der Waals surface area contributed by atoms with Crippen LogP contribution in [0.3, 0.4) is 0 Å². The highest BCUT2D eigenvalue weighted by molar-refractivity contribution is 9.10. The van der Waals surface area contributed by atoms with E-state index in [1.165, 1.54) is 0 Å². The first-order valence-corrected chi connectivity index (χ1v) is 5.50. The molecule has 4 heteroatoms. The molecule has 3 atom stereocenters. The zero-order chi connectivity index (χ0) is 10.0. The maximum absolute atomic E-state index is 11.6. The van der Waals surface area contributed by atoms with Crippen molar-refractivity contribution in [3.05, 3.63) is 0 Å². The fourth-order valence-corrected chi connectivity index (χ4v) is 1.90. The topological polar surface area (TPSA) is 29.5 Å². The quantitative estimate of drug-likeness (QED) is 0.658. The third kappa shape index (κ3) is 2.95. The highest BCUT2D eigenvalue weighted by Crippen LogP contribution is 2.13. The summed E-state index contributed by atoms with van der Waals surface area (Å²) < 4.78 is 5.54. The molecule has 0 aromatic rings. The maximum atomic E-state index is 11.6. The Morgan fingerprint density at radius 3 is 2.31 bits per heavy atom. The van der Waals surface area contributed by atoms with Gasteiger partial charge in [-0.2, -0.15) is 0 Å². The number of morpholine rings is 1. The summed E-state index contributed by atoms with van der Waals surface area (Å²) in [4.78, 5) is 13.4. The van der Waals surface area contributed by atoms with Crippen LogP contribution in [0.5, 0.6) is 0 Å². The lowest BCUT2D eigenvalue weighted by Gasteiger charge is -2.35. The summed E-state index contributed by atoms with van der Waals surface area (Å²) in [5.74, 6) is 0.155. The summed E-state index contributed by atoms with van der Waals surface area (Å²) >= 11 is 3.28. The summed E-state index contributed by atoms with van der Waals surface area (Å²) in [6.07, 6.45) is 0.304. The van der Waals surface area contributed by atoms with Crippen molar-refractivity contribution in [2.45, 2.75) is 37.8 Å². The van der Waals surface area contributed by atoms with Gasteiger partial charge in [0.1, 0.15) is 0 Å². The van der Waals surface area contributed by atoms with Crippen LogP contribution in [0.15, 0.2) is 0 Å². The van der Waals surface area contributed by atoms with Crippen molar-refractivity contribution in [1.82, 2.24) is 4.90 Å². The molecule has 76 valence electrons. The molecule has 0 spiro atoms. The Morgan fingerprint density at radius 2 is 1.92 bits per heavy atom. The summed E-state index contributed by atoms with van der Waals surface area (Å²) in [6.45, 7) is 7.26. The summed E-state index contributed by atoms with van der Waals surface area (Å²) in [5.41, 5.74) is 0. The van der Waals surface area contributed by atoms with Gasteiger partial charge in [-0.15, -0.1) is 0 Å². The van der Waals surface area contributed by atoms with Gasteiger partial charge >= 0.3 is 0 Å². The molecule has 0 aromatic carbocycles. The van der Waals surface area contributed by atoms with Crippen LogP contribution >= 0.6 is 15.9 Å². The van der Waals surface area contributed by atoms with Crippen molar-refractivity contribution in [3.8, 4) is 0 Å². The molecule has 0 radical (unpaired) electrons. The number of carbonyl (C=O) groups excluding carboxylic acids is 1. The number of amides is 1. The molecule has 0 aliphatic carbocycles. The fourth-order valence-electron chi connectivity index (χ4n) is 1.61. The molecule has 0 N–H and O–H groups in total. The minimum atomic E-state index is -0.0926. The maximum Gasteiger partial charge on any atom is 0.236 e. The average molecular weight is 250 g/mol. The lowest BCUT2D eigenvalue weighted by Crippen LogP contribution is -2.49. The Labute approximate surface area is 87.6 Å². The highest BCUT2D eigenvalue weighted by atomic mass is 79.9. The summed E-state index contributed by atoms with van der Waals surface area (Å²) in [5, 5.41) is 0. The molecule has 1 heterocycles. The van der Waals surface area contributed by atoms with E-state index in [0.717, 1.165) is 0 Å². The van der Waals surface area contributed by atoms with Crippen LogP contribution in [0, 0.1) is 0 Å². The molecular formula is C9H16BrNO2. The van der Waals surface area contributed by atoms with E-state index in [2.05, 4.69) is 15.9 Å². The van der Waals surface area contributed by atoms with E-state index in [9.17, 15) is 4.79 Å².